The van der Waals surface area contributed by atoms with Crippen LogP contribution in [-0.2, 0) is 30.8 Å². The summed E-state index contributed by atoms with van der Waals surface area (Å²) < 4.78 is 41.3. The second-order valence-corrected chi connectivity index (χ2v) is 21.5. The first kappa shape index (κ1) is 41.4. The number of sulfonamides is 1. The summed E-state index contributed by atoms with van der Waals surface area (Å²) in [4.78, 5) is 55.7. The minimum Gasteiger partial charge on any atom is -0.494 e. The summed E-state index contributed by atoms with van der Waals surface area (Å²) in [5, 5.41) is 5.27. The van der Waals surface area contributed by atoms with E-state index in [4.69, 9.17) is 26.1 Å². The number of carbonyl (C=O) groups excluding carboxylic acids is 3. The Hall–Kier alpha value is -4.37. The topological polar surface area (TPSA) is 145 Å². The van der Waals surface area contributed by atoms with Gasteiger partial charge >= 0.3 is 0 Å². The van der Waals surface area contributed by atoms with E-state index in [2.05, 4.69) is 35.3 Å². The summed E-state index contributed by atoms with van der Waals surface area (Å²) >= 11 is 9.63. The SMILES string of the molecule is C=C[C@@H]1C[C@]1(CC(=O)[C@@H]1C[C@@H](Oc2ncc(OC)c3ccc(Cl)cc23)CN1C(=O)[C@@H](Cc1nc(-c2sc3ccccc3c2C)cs1)C(C)(C)C)C(=O)NS(=O)(=O)C1CC1. The van der Waals surface area contributed by atoms with Crippen molar-refractivity contribution in [2.24, 2.45) is 22.7 Å². The van der Waals surface area contributed by atoms with Gasteiger partial charge in [0.15, 0.2) is 5.78 Å². The Labute approximate surface area is 357 Å². The molecular formula is C44H47ClN4O7S3. The molecule has 310 valence electrons. The number of nitrogens with zero attached hydrogens (tertiary/aromatic N) is 3. The van der Waals surface area contributed by atoms with Crippen molar-refractivity contribution in [2.45, 2.75) is 83.6 Å². The van der Waals surface area contributed by atoms with Crippen LogP contribution in [0, 0.1) is 29.6 Å². The van der Waals surface area contributed by atoms with Crippen molar-refractivity contribution >= 4 is 82.8 Å². The van der Waals surface area contributed by atoms with Gasteiger partial charge in [0.25, 0.3) is 0 Å². The van der Waals surface area contributed by atoms with E-state index in [-0.39, 0.29) is 49.3 Å². The number of Topliss-reactive ketones (excluding diaryl/α,β-unsaturated/α-hetero) is 1. The van der Waals surface area contributed by atoms with Crippen molar-refractivity contribution in [1.82, 2.24) is 19.6 Å². The minimum absolute atomic E-state index is 0.0851. The highest BCUT2D eigenvalue weighted by Crippen LogP contribution is 2.57. The smallest absolute Gasteiger partial charge is 0.240 e. The molecule has 0 spiro atoms. The van der Waals surface area contributed by atoms with E-state index in [1.165, 1.54) is 27.0 Å². The number of allylic oxidation sites excluding steroid dienone is 1. The van der Waals surface area contributed by atoms with Gasteiger partial charge in [0, 0.05) is 51.1 Å². The molecule has 4 heterocycles. The monoisotopic (exact) mass is 874 g/mol. The lowest BCUT2D eigenvalue weighted by Crippen LogP contribution is -2.48. The normalized spacial score (nSPS) is 22.3. The predicted molar refractivity (Wildman–Crippen MR) is 233 cm³/mol. The molecule has 3 aliphatic rings. The molecule has 1 saturated heterocycles. The van der Waals surface area contributed by atoms with E-state index >= 15 is 4.79 Å². The van der Waals surface area contributed by atoms with Gasteiger partial charge in [-0.3, -0.25) is 19.1 Å². The zero-order valence-electron chi connectivity index (χ0n) is 33.6. The fraction of sp³-hybridized carbons (Fsp3) is 0.432. The Balaban J connectivity index is 1.10. The molecule has 3 fully saturated rings. The molecule has 2 saturated carbocycles. The first-order valence-electron chi connectivity index (χ1n) is 19.8. The number of ether oxygens (including phenoxy) is 2. The van der Waals surface area contributed by atoms with Crippen molar-refractivity contribution in [2.75, 3.05) is 13.7 Å². The number of benzene rings is 2. The molecule has 15 heteroatoms. The number of rotatable bonds is 14. The van der Waals surface area contributed by atoms with Gasteiger partial charge in [-0.05, 0) is 72.7 Å². The van der Waals surface area contributed by atoms with Crippen LogP contribution in [0.25, 0.3) is 31.4 Å². The number of methoxy groups -OCH3 is 1. The number of hydrogen-bond donors (Lipinski definition) is 1. The van der Waals surface area contributed by atoms with E-state index in [0.717, 1.165) is 21.0 Å². The number of nitrogens with one attached hydrogen (secondary N) is 1. The first-order chi connectivity index (χ1) is 28.0. The molecule has 5 atom stereocenters. The third-order valence-corrected chi connectivity index (χ3v) is 16.3. The summed E-state index contributed by atoms with van der Waals surface area (Å²) in [6.07, 6.45) is 4.03. The molecule has 11 nitrogen and oxygen atoms in total. The highest BCUT2D eigenvalue weighted by Gasteiger charge is 2.61. The average Bonchev–Trinajstić information content (AvgIpc) is 4.05. The number of thiophene rings is 1. The summed E-state index contributed by atoms with van der Waals surface area (Å²) in [6, 6.07) is 12.6. The van der Waals surface area contributed by atoms with Crippen LogP contribution in [0.5, 0.6) is 11.6 Å². The number of pyridine rings is 1. The molecule has 8 rings (SSSR count). The maximum absolute atomic E-state index is 15.1. The average molecular weight is 876 g/mol. The molecule has 1 aliphatic heterocycles. The van der Waals surface area contributed by atoms with Crippen LogP contribution in [0.1, 0.15) is 63.4 Å². The molecule has 2 amide bonds. The summed E-state index contributed by atoms with van der Waals surface area (Å²) in [6.45, 7) is 12.1. The molecule has 2 aromatic carbocycles. The number of thiazole rings is 1. The third kappa shape index (κ3) is 8.01. The predicted octanol–water partition coefficient (Wildman–Crippen LogP) is 8.56. The Bertz CT molecular complexity index is 2610. The number of halogens is 1. The van der Waals surface area contributed by atoms with Gasteiger partial charge in [-0.2, -0.15) is 0 Å². The molecule has 0 radical (unpaired) electrons. The Morgan fingerprint density at radius 3 is 2.58 bits per heavy atom. The maximum atomic E-state index is 15.1. The Morgan fingerprint density at radius 1 is 1.14 bits per heavy atom. The van der Waals surface area contributed by atoms with E-state index < -0.39 is 50.1 Å². The number of aromatic nitrogens is 2. The molecule has 2 aliphatic carbocycles. The number of ketones is 1. The van der Waals surface area contributed by atoms with Gasteiger partial charge in [0.2, 0.25) is 27.7 Å². The maximum Gasteiger partial charge on any atom is 0.240 e. The van der Waals surface area contributed by atoms with Crippen LogP contribution in [0.3, 0.4) is 0 Å². The van der Waals surface area contributed by atoms with Crippen LogP contribution < -0.4 is 14.2 Å². The van der Waals surface area contributed by atoms with Crippen molar-refractivity contribution in [3.63, 3.8) is 0 Å². The van der Waals surface area contributed by atoms with Crippen LogP contribution in [0.15, 0.2) is 66.7 Å². The molecule has 5 aromatic rings. The van der Waals surface area contributed by atoms with Crippen molar-refractivity contribution in [3.8, 4) is 22.2 Å². The van der Waals surface area contributed by atoms with Gasteiger partial charge < -0.3 is 14.4 Å². The third-order valence-electron chi connectivity index (χ3n) is 12.1. The Kier molecular flexibility index (Phi) is 10.9. The molecular weight excluding hydrogens is 828 g/mol. The summed E-state index contributed by atoms with van der Waals surface area (Å²) in [5.41, 5.74) is 0.239. The molecule has 0 bridgehead atoms. The largest absolute Gasteiger partial charge is 0.494 e. The van der Waals surface area contributed by atoms with Crippen LogP contribution in [0.2, 0.25) is 5.02 Å². The van der Waals surface area contributed by atoms with Crippen molar-refractivity contribution < 1.29 is 32.3 Å². The zero-order chi connectivity index (χ0) is 42.0. The zero-order valence-corrected chi connectivity index (χ0v) is 36.8. The molecule has 3 aromatic heterocycles. The number of amides is 2. The summed E-state index contributed by atoms with van der Waals surface area (Å²) in [5.74, 6) is -1.40. The number of fused-ring (bicyclic) bond motifs is 2. The lowest BCUT2D eigenvalue weighted by atomic mass is 9.77. The van der Waals surface area contributed by atoms with Crippen LogP contribution >= 0.6 is 34.3 Å². The van der Waals surface area contributed by atoms with E-state index in [9.17, 15) is 18.0 Å². The number of hydrogen-bond acceptors (Lipinski definition) is 11. The highest BCUT2D eigenvalue weighted by molar-refractivity contribution is 7.90. The van der Waals surface area contributed by atoms with E-state index in [0.29, 0.717) is 35.4 Å². The highest BCUT2D eigenvalue weighted by atomic mass is 35.5. The lowest BCUT2D eigenvalue weighted by Gasteiger charge is -2.35. The fourth-order valence-corrected chi connectivity index (χ4v) is 12.0. The van der Waals surface area contributed by atoms with E-state index in [1.54, 1.807) is 47.8 Å². The Morgan fingerprint density at radius 2 is 1.90 bits per heavy atom. The van der Waals surface area contributed by atoms with Crippen LogP contribution in [0.4, 0.5) is 0 Å². The van der Waals surface area contributed by atoms with Gasteiger partial charge in [0.05, 0.1) is 52.1 Å². The molecule has 1 N–H and O–H groups in total. The van der Waals surface area contributed by atoms with Gasteiger partial charge in [-0.25, -0.2) is 18.4 Å². The number of carbonyl (C=O) groups is 3. The van der Waals surface area contributed by atoms with Gasteiger partial charge in [-0.15, -0.1) is 29.3 Å². The standard InChI is InChI=1S/C44H47ClN4O7S3/c1-7-25-19-44(25,42(52)48-59(53,54)28-13-14-28)20-35(50)34-17-27(56-40-31-16-26(45)12-15-30(31)36(55-6)21-46-40)22-49(34)41(51)32(43(3,4)5)18-38-47-33(23-57-38)39-24(2)29-10-8-9-11-37(29)58-39/h7-12,15-16,21,23,25,27-28,32,34H,1,13-14,17-20,22H2,2-6H3,(H,48,52)/t25-,27-,32-,34+,44-/m1/s1. The molecule has 0 unspecified atom stereocenters. The fourth-order valence-electron chi connectivity index (χ4n) is 8.39. The quantitative estimate of drug-likeness (QED) is 0.109. The number of aryl methyl sites for hydroxylation is 1. The van der Waals surface area contributed by atoms with Crippen molar-refractivity contribution in [1.29, 1.82) is 0 Å². The summed E-state index contributed by atoms with van der Waals surface area (Å²) in [7, 11) is -2.30. The van der Waals surface area contributed by atoms with Gasteiger partial charge in [0.1, 0.15) is 11.9 Å². The van der Waals surface area contributed by atoms with Crippen molar-refractivity contribution in [3.05, 3.63) is 82.3 Å². The molecule has 59 heavy (non-hydrogen) atoms. The minimum atomic E-state index is -3.85. The van der Waals surface area contributed by atoms with Gasteiger partial charge in [-0.1, -0.05) is 56.6 Å². The number of likely N-dealkylation sites (tertiary alicyclic amines) is 1. The first-order valence-corrected chi connectivity index (χ1v) is 23.4. The van der Waals surface area contributed by atoms with E-state index in [1.807, 2.05) is 44.4 Å². The van der Waals surface area contributed by atoms with Crippen LogP contribution in [-0.4, -0.2) is 71.9 Å². The lowest BCUT2D eigenvalue weighted by molar-refractivity contribution is -0.144. The second-order valence-electron chi connectivity index (χ2n) is 17.1. The second kappa shape index (κ2) is 15.6.